The Hall–Kier alpha value is -1.21. The summed E-state index contributed by atoms with van der Waals surface area (Å²) in [7, 11) is -3.53. The van der Waals surface area contributed by atoms with Gasteiger partial charge in [0.15, 0.2) is 0 Å². The van der Waals surface area contributed by atoms with Gasteiger partial charge in [-0.05, 0) is 43.5 Å². The van der Waals surface area contributed by atoms with Crippen LogP contribution < -0.4 is 5.73 Å². The van der Waals surface area contributed by atoms with Gasteiger partial charge < -0.3 is 5.73 Å². The van der Waals surface area contributed by atoms with E-state index < -0.39 is 10.0 Å². The van der Waals surface area contributed by atoms with E-state index >= 15 is 0 Å². The molecule has 1 aliphatic heterocycles. The normalized spacial score (nSPS) is 19.3. The molecular weight excluding hydrogens is 322 g/mol. The molecule has 0 spiro atoms. The van der Waals surface area contributed by atoms with E-state index in [1.807, 2.05) is 19.1 Å². The first-order valence-corrected chi connectivity index (χ1v) is 8.56. The number of aromatic nitrogens is 1. The molecular formula is C15H20ClN3O2S. The number of benzene rings is 1. The number of hydrogen-bond acceptors (Lipinski definition) is 4. The Kier molecular flexibility index (Phi) is 5.07. The Bertz CT molecular complexity index is 779. The van der Waals surface area contributed by atoms with Crippen molar-refractivity contribution in [2.24, 2.45) is 5.73 Å². The maximum atomic E-state index is 13.0. The van der Waals surface area contributed by atoms with Crippen LogP contribution in [0, 0.1) is 6.92 Å². The van der Waals surface area contributed by atoms with Gasteiger partial charge in [0.2, 0.25) is 10.0 Å². The highest BCUT2D eigenvalue weighted by atomic mass is 35.5. The predicted molar refractivity (Wildman–Crippen MR) is 89.7 cm³/mol. The van der Waals surface area contributed by atoms with Crippen LogP contribution in [-0.2, 0) is 10.0 Å². The van der Waals surface area contributed by atoms with Crippen molar-refractivity contribution in [3.63, 3.8) is 0 Å². The second-order valence-electron chi connectivity index (χ2n) is 5.43. The molecule has 120 valence electrons. The van der Waals surface area contributed by atoms with Crippen molar-refractivity contribution in [1.29, 1.82) is 0 Å². The highest BCUT2D eigenvalue weighted by Gasteiger charge is 2.35. The van der Waals surface area contributed by atoms with E-state index in [9.17, 15) is 8.42 Å². The molecule has 7 heteroatoms. The van der Waals surface area contributed by atoms with E-state index in [-0.39, 0.29) is 18.4 Å². The van der Waals surface area contributed by atoms with Crippen LogP contribution in [-0.4, -0.2) is 36.8 Å². The van der Waals surface area contributed by atoms with Crippen molar-refractivity contribution in [3.8, 4) is 0 Å². The largest absolute Gasteiger partial charge is 0.329 e. The van der Waals surface area contributed by atoms with E-state index in [1.165, 1.54) is 0 Å². The first-order valence-electron chi connectivity index (χ1n) is 7.12. The number of halogens is 1. The van der Waals surface area contributed by atoms with Crippen LogP contribution in [0.4, 0.5) is 0 Å². The number of hydrogen-bond donors (Lipinski definition) is 1. The number of sulfonamides is 1. The summed E-state index contributed by atoms with van der Waals surface area (Å²) in [6.07, 6.45) is 3.38. The van der Waals surface area contributed by atoms with E-state index in [4.69, 9.17) is 5.73 Å². The summed E-state index contributed by atoms with van der Waals surface area (Å²) in [6, 6.07) is 6.99. The molecule has 2 heterocycles. The zero-order valence-corrected chi connectivity index (χ0v) is 14.0. The molecule has 22 heavy (non-hydrogen) atoms. The quantitative estimate of drug-likeness (QED) is 0.927. The molecule has 5 nitrogen and oxygen atoms in total. The minimum Gasteiger partial charge on any atom is -0.329 e. The molecule has 1 aromatic heterocycles. The first kappa shape index (κ1) is 17.1. The van der Waals surface area contributed by atoms with Gasteiger partial charge in [-0.15, -0.1) is 12.4 Å². The molecule has 1 aliphatic rings. The Morgan fingerprint density at radius 3 is 2.86 bits per heavy atom. The van der Waals surface area contributed by atoms with E-state index in [1.54, 1.807) is 22.6 Å². The summed E-state index contributed by atoms with van der Waals surface area (Å²) < 4.78 is 27.5. The van der Waals surface area contributed by atoms with E-state index in [0.717, 1.165) is 23.9 Å². The smallest absolute Gasteiger partial charge is 0.244 e. The summed E-state index contributed by atoms with van der Waals surface area (Å²) in [5.41, 5.74) is 7.43. The molecule has 1 unspecified atom stereocenters. The van der Waals surface area contributed by atoms with Crippen LogP contribution in [0.3, 0.4) is 0 Å². The molecule has 0 amide bonds. The van der Waals surface area contributed by atoms with Crippen molar-refractivity contribution in [2.75, 3.05) is 13.1 Å². The van der Waals surface area contributed by atoms with Gasteiger partial charge in [0.05, 0.1) is 10.4 Å². The molecule has 1 fully saturated rings. The van der Waals surface area contributed by atoms with Crippen molar-refractivity contribution >= 4 is 33.3 Å². The maximum absolute atomic E-state index is 13.0. The van der Waals surface area contributed by atoms with Crippen molar-refractivity contribution in [1.82, 2.24) is 9.29 Å². The van der Waals surface area contributed by atoms with Crippen LogP contribution in [0.15, 0.2) is 35.4 Å². The maximum Gasteiger partial charge on any atom is 0.244 e. The standard InChI is InChI=1S/C15H19N3O2S.ClH/c1-11-6-7-14(13-5-2-8-17-15(11)13)21(19,20)18-9-3-4-12(18)10-16;/h2,5-8,12H,3-4,9-10,16H2,1H3;1H. The third kappa shape index (κ3) is 2.72. The molecule has 2 aromatic rings. The second-order valence-corrected chi connectivity index (χ2v) is 7.29. The summed E-state index contributed by atoms with van der Waals surface area (Å²) in [5.74, 6) is 0. The molecule has 1 aromatic carbocycles. The van der Waals surface area contributed by atoms with Crippen LogP contribution in [0.25, 0.3) is 10.9 Å². The molecule has 0 saturated carbocycles. The van der Waals surface area contributed by atoms with Crippen molar-refractivity contribution in [3.05, 3.63) is 36.0 Å². The lowest BCUT2D eigenvalue weighted by Gasteiger charge is -2.23. The lowest BCUT2D eigenvalue weighted by molar-refractivity contribution is 0.393. The van der Waals surface area contributed by atoms with E-state index in [0.29, 0.717) is 23.4 Å². The average Bonchev–Trinajstić information content (AvgIpc) is 2.97. The minimum atomic E-state index is -3.53. The summed E-state index contributed by atoms with van der Waals surface area (Å²) >= 11 is 0. The highest BCUT2D eigenvalue weighted by molar-refractivity contribution is 7.89. The summed E-state index contributed by atoms with van der Waals surface area (Å²) in [4.78, 5) is 4.64. The van der Waals surface area contributed by atoms with Crippen LogP contribution in [0.2, 0.25) is 0 Å². The number of fused-ring (bicyclic) bond motifs is 1. The van der Waals surface area contributed by atoms with E-state index in [2.05, 4.69) is 4.98 Å². The van der Waals surface area contributed by atoms with Gasteiger partial charge in [0, 0.05) is 30.7 Å². The minimum absolute atomic E-state index is 0. The third-order valence-electron chi connectivity index (χ3n) is 4.11. The van der Waals surface area contributed by atoms with Crippen LogP contribution in [0.1, 0.15) is 18.4 Å². The lowest BCUT2D eigenvalue weighted by atomic mass is 10.1. The SMILES string of the molecule is Cc1ccc(S(=O)(=O)N2CCCC2CN)c2cccnc12.Cl. The summed E-state index contributed by atoms with van der Waals surface area (Å²) in [6.45, 7) is 2.84. The topological polar surface area (TPSA) is 76.3 Å². The Morgan fingerprint density at radius 1 is 1.36 bits per heavy atom. The molecule has 2 N–H and O–H groups in total. The fourth-order valence-electron chi connectivity index (χ4n) is 3.00. The molecule has 0 aliphatic carbocycles. The number of nitrogens with two attached hydrogens (primary N) is 1. The van der Waals surface area contributed by atoms with Gasteiger partial charge in [-0.2, -0.15) is 4.31 Å². The van der Waals surface area contributed by atoms with Crippen LogP contribution in [0.5, 0.6) is 0 Å². The highest BCUT2D eigenvalue weighted by Crippen LogP contribution is 2.30. The van der Waals surface area contributed by atoms with Gasteiger partial charge >= 0.3 is 0 Å². The van der Waals surface area contributed by atoms with Gasteiger partial charge in [-0.3, -0.25) is 4.98 Å². The average molecular weight is 342 g/mol. The first-order chi connectivity index (χ1) is 10.1. The zero-order chi connectivity index (χ0) is 15.0. The van der Waals surface area contributed by atoms with Gasteiger partial charge in [0.25, 0.3) is 0 Å². The van der Waals surface area contributed by atoms with Gasteiger partial charge in [-0.25, -0.2) is 8.42 Å². The van der Waals surface area contributed by atoms with Crippen LogP contribution >= 0.6 is 12.4 Å². The predicted octanol–water partition coefficient (Wildman–Crippen LogP) is 2.08. The Balaban J connectivity index is 0.00000176. The molecule has 3 rings (SSSR count). The number of pyridine rings is 1. The fourth-order valence-corrected chi connectivity index (χ4v) is 4.89. The number of aryl methyl sites for hydroxylation is 1. The third-order valence-corrected chi connectivity index (χ3v) is 6.12. The molecule has 1 saturated heterocycles. The monoisotopic (exact) mass is 341 g/mol. The van der Waals surface area contributed by atoms with Gasteiger partial charge in [0.1, 0.15) is 0 Å². The molecule has 1 atom stereocenters. The fraction of sp³-hybridized carbons (Fsp3) is 0.400. The lowest BCUT2D eigenvalue weighted by Crippen LogP contribution is -2.39. The molecule has 0 radical (unpaired) electrons. The van der Waals surface area contributed by atoms with Gasteiger partial charge in [-0.1, -0.05) is 6.07 Å². The number of nitrogens with zero attached hydrogens (tertiary/aromatic N) is 2. The Labute approximate surface area is 137 Å². The van der Waals surface area contributed by atoms with Crippen molar-refractivity contribution in [2.45, 2.75) is 30.7 Å². The number of rotatable bonds is 3. The van der Waals surface area contributed by atoms with Crippen molar-refractivity contribution < 1.29 is 8.42 Å². The Morgan fingerprint density at radius 2 is 2.14 bits per heavy atom. The second kappa shape index (κ2) is 6.50. The zero-order valence-electron chi connectivity index (χ0n) is 12.4. The molecule has 0 bridgehead atoms. The summed E-state index contributed by atoms with van der Waals surface area (Å²) in [5, 5.41) is 0.681.